The molecule has 1 heterocycles. The Hall–Kier alpha value is -1.39. The van der Waals surface area contributed by atoms with Crippen LogP contribution in [0.25, 0.3) is 0 Å². The molecular formula is C17H28N2O3. The van der Waals surface area contributed by atoms with Crippen molar-refractivity contribution in [2.75, 3.05) is 0 Å². The van der Waals surface area contributed by atoms with E-state index in [1.54, 1.807) is 0 Å². The van der Waals surface area contributed by atoms with E-state index in [4.69, 9.17) is 9.68 Å². The van der Waals surface area contributed by atoms with E-state index in [-0.39, 0.29) is 16.7 Å². The molecule has 0 bridgehead atoms. The number of oxime groups is 2. The number of carbonyl (C=O) groups excluding carboxylic acids is 1. The van der Waals surface area contributed by atoms with Gasteiger partial charge in [-0.2, -0.15) is 0 Å². The number of fused-ring (bicyclic) bond motifs is 1. The number of rotatable bonds is 2. The van der Waals surface area contributed by atoms with E-state index in [2.05, 4.69) is 31.1 Å². The fraction of sp³-hybridized carbons (Fsp3) is 0.824. The summed E-state index contributed by atoms with van der Waals surface area (Å²) in [7, 11) is 0. The predicted molar refractivity (Wildman–Crippen MR) is 86.7 cm³/mol. The third-order valence-electron chi connectivity index (χ3n) is 4.71. The van der Waals surface area contributed by atoms with Crippen LogP contribution in [-0.2, 0) is 14.5 Å². The highest BCUT2D eigenvalue weighted by molar-refractivity contribution is 5.99. The fourth-order valence-electron chi connectivity index (χ4n) is 2.90. The lowest BCUT2D eigenvalue weighted by molar-refractivity contribution is -0.172. The SMILES string of the molecule is C/C(=N\OC(=O)C12CCCC1C(C(C)(C)C)=NO2)C(C)(C)C. The van der Waals surface area contributed by atoms with Crippen LogP contribution >= 0.6 is 0 Å². The molecule has 0 saturated heterocycles. The Bertz CT molecular complexity index is 523. The Morgan fingerprint density at radius 3 is 2.50 bits per heavy atom. The van der Waals surface area contributed by atoms with Crippen molar-refractivity contribution < 1.29 is 14.5 Å². The molecule has 2 unspecified atom stereocenters. The Morgan fingerprint density at radius 1 is 1.32 bits per heavy atom. The maximum Gasteiger partial charge on any atom is 0.381 e. The van der Waals surface area contributed by atoms with Gasteiger partial charge in [0.05, 0.1) is 17.3 Å². The van der Waals surface area contributed by atoms with Gasteiger partial charge in [0.25, 0.3) is 0 Å². The zero-order chi connectivity index (χ0) is 16.8. The topological polar surface area (TPSA) is 60.2 Å². The third kappa shape index (κ3) is 2.90. The van der Waals surface area contributed by atoms with E-state index >= 15 is 0 Å². The molecule has 2 atom stereocenters. The molecule has 1 saturated carbocycles. The van der Waals surface area contributed by atoms with Gasteiger partial charge in [-0.3, -0.25) is 0 Å². The van der Waals surface area contributed by atoms with Gasteiger partial charge in [-0.05, 0) is 19.8 Å². The fourth-order valence-corrected chi connectivity index (χ4v) is 2.90. The Labute approximate surface area is 133 Å². The number of hydrogen-bond acceptors (Lipinski definition) is 5. The molecule has 0 aromatic carbocycles. The largest absolute Gasteiger partial charge is 0.381 e. The predicted octanol–water partition coefficient (Wildman–Crippen LogP) is 3.92. The van der Waals surface area contributed by atoms with E-state index in [0.717, 1.165) is 24.3 Å². The molecule has 5 heteroatoms. The summed E-state index contributed by atoms with van der Waals surface area (Å²) in [6, 6.07) is 0. The van der Waals surface area contributed by atoms with E-state index < -0.39 is 11.6 Å². The number of hydrogen-bond donors (Lipinski definition) is 0. The van der Waals surface area contributed by atoms with Crippen molar-refractivity contribution in [3.8, 4) is 0 Å². The molecule has 0 N–H and O–H groups in total. The van der Waals surface area contributed by atoms with Gasteiger partial charge in [0.2, 0.25) is 5.60 Å². The van der Waals surface area contributed by atoms with Crippen molar-refractivity contribution in [1.82, 2.24) is 0 Å². The quantitative estimate of drug-likeness (QED) is 0.441. The van der Waals surface area contributed by atoms with Gasteiger partial charge in [0.15, 0.2) is 0 Å². The van der Waals surface area contributed by atoms with Crippen LogP contribution in [0.2, 0.25) is 0 Å². The Morgan fingerprint density at radius 2 is 1.95 bits per heavy atom. The average molecular weight is 308 g/mol. The van der Waals surface area contributed by atoms with E-state index in [0.29, 0.717) is 6.42 Å². The molecule has 1 aliphatic carbocycles. The second-order valence-corrected chi connectivity index (χ2v) is 8.46. The van der Waals surface area contributed by atoms with Crippen LogP contribution < -0.4 is 0 Å². The van der Waals surface area contributed by atoms with Crippen LogP contribution in [0.1, 0.15) is 67.7 Å². The number of carbonyl (C=O) groups is 1. The number of nitrogens with zero attached hydrogens (tertiary/aromatic N) is 2. The molecule has 0 spiro atoms. The summed E-state index contributed by atoms with van der Waals surface area (Å²) in [4.78, 5) is 23.5. The summed E-state index contributed by atoms with van der Waals surface area (Å²) in [6.07, 6.45) is 2.49. The maximum absolute atomic E-state index is 12.6. The molecule has 2 rings (SSSR count). The maximum atomic E-state index is 12.6. The van der Waals surface area contributed by atoms with Gasteiger partial charge < -0.3 is 9.68 Å². The molecule has 1 fully saturated rings. The molecule has 0 aromatic rings. The van der Waals surface area contributed by atoms with Gasteiger partial charge in [-0.15, -0.1) is 0 Å². The van der Waals surface area contributed by atoms with Crippen LogP contribution in [-0.4, -0.2) is 23.0 Å². The summed E-state index contributed by atoms with van der Waals surface area (Å²) in [6.45, 7) is 14.2. The first-order chi connectivity index (χ1) is 9.98. The van der Waals surface area contributed by atoms with Gasteiger partial charge in [-0.25, -0.2) is 4.79 Å². The van der Waals surface area contributed by atoms with Crippen molar-refractivity contribution in [3.05, 3.63) is 0 Å². The van der Waals surface area contributed by atoms with Crippen molar-refractivity contribution in [3.63, 3.8) is 0 Å². The standard InChI is InChI=1S/C17H28N2O3/c1-11(15(2,3)4)18-21-14(20)17-10-8-9-12(17)13(19-22-17)16(5,6)7/h12H,8-10H2,1-7H3/b18-11+. The minimum absolute atomic E-state index is 0.00476. The summed E-state index contributed by atoms with van der Waals surface area (Å²) < 4.78 is 0. The van der Waals surface area contributed by atoms with Crippen molar-refractivity contribution >= 4 is 17.4 Å². The van der Waals surface area contributed by atoms with Gasteiger partial charge in [-0.1, -0.05) is 51.9 Å². The van der Waals surface area contributed by atoms with Gasteiger partial charge in [0, 0.05) is 17.3 Å². The summed E-state index contributed by atoms with van der Waals surface area (Å²) in [5, 5.41) is 8.25. The van der Waals surface area contributed by atoms with Crippen LogP contribution in [0.5, 0.6) is 0 Å². The minimum Gasteiger partial charge on any atom is -0.376 e. The minimum atomic E-state index is -0.968. The summed E-state index contributed by atoms with van der Waals surface area (Å²) in [5.41, 5.74) is 0.531. The second-order valence-electron chi connectivity index (χ2n) is 8.46. The molecule has 0 aromatic heterocycles. The molecule has 5 nitrogen and oxygen atoms in total. The normalized spacial score (nSPS) is 29.0. The zero-order valence-corrected chi connectivity index (χ0v) is 14.8. The van der Waals surface area contributed by atoms with E-state index in [1.165, 1.54) is 0 Å². The molecule has 22 heavy (non-hydrogen) atoms. The first kappa shape index (κ1) is 17.0. The Kier molecular flexibility index (Phi) is 4.13. The van der Waals surface area contributed by atoms with E-state index in [9.17, 15) is 4.79 Å². The smallest absolute Gasteiger partial charge is 0.376 e. The van der Waals surface area contributed by atoms with E-state index in [1.807, 2.05) is 27.7 Å². The monoisotopic (exact) mass is 308 g/mol. The molecule has 124 valence electrons. The molecule has 2 aliphatic rings. The molecule has 0 radical (unpaired) electrons. The van der Waals surface area contributed by atoms with Gasteiger partial charge >= 0.3 is 5.97 Å². The third-order valence-corrected chi connectivity index (χ3v) is 4.71. The lowest BCUT2D eigenvalue weighted by Crippen LogP contribution is -2.45. The highest BCUT2D eigenvalue weighted by Crippen LogP contribution is 2.48. The lowest BCUT2D eigenvalue weighted by atomic mass is 9.76. The summed E-state index contributed by atoms with van der Waals surface area (Å²) in [5.74, 6) is -0.410. The van der Waals surface area contributed by atoms with Gasteiger partial charge in [0.1, 0.15) is 0 Å². The Balaban J connectivity index is 2.17. The van der Waals surface area contributed by atoms with Crippen LogP contribution in [0.15, 0.2) is 10.3 Å². The molecule has 0 amide bonds. The van der Waals surface area contributed by atoms with Crippen LogP contribution in [0.3, 0.4) is 0 Å². The first-order valence-electron chi connectivity index (χ1n) is 8.01. The molecular weight excluding hydrogens is 280 g/mol. The first-order valence-corrected chi connectivity index (χ1v) is 8.01. The second kappa shape index (κ2) is 5.36. The van der Waals surface area contributed by atoms with Crippen LogP contribution in [0, 0.1) is 16.7 Å². The van der Waals surface area contributed by atoms with Crippen molar-refractivity contribution in [2.24, 2.45) is 27.1 Å². The van der Waals surface area contributed by atoms with Crippen LogP contribution in [0.4, 0.5) is 0 Å². The molecule has 1 aliphatic heterocycles. The summed E-state index contributed by atoms with van der Waals surface area (Å²) >= 11 is 0. The highest BCUT2D eigenvalue weighted by atomic mass is 16.7. The van der Waals surface area contributed by atoms with Crippen molar-refractivity contribution in [1.29, 1.82) is 0 Å². The zero-order valence-electron chi connectivity index (χ0n) is 14.8. The lowest BCUT2D eigenvalue weighted by Gasteiger charge is -2.27. The van der Waals surface area contributed by atoms with Crippen molar-refractivity contribution in [2.45, 2.75) is 73.3 Å². The average Bonchev–Trinajstić information content (AvgIpc) is 2.91. The highest BCUT2D eigenvalue weighted by Gasteiger charge is 2.60.